The molecule has 0 saturated carbocycles. The number of aromatic nitrogens is 2. The van der Waals surface area contributed by atoms with Gasteiger partial charge >= 0.3 is 0 Å². The number of pyridine rings is 1. The summed E-state index contributed by atoms with van der Waals surface area (Å²) in [6, 6.07) is 4.66. The van der Waals surface area contributed by atoms with Gasteiger partial charge in [-0.15, -0.1) is 0 Å². The molecule has 2 aliphatic heterocycles. The molecule has 4 heterocycles. The molecule has 4 rings (SSSR count). The monoisotopic (exact) mass is 446 g/mol. The van der Waals surface area contributed by atoms with E-state index < -0.39 is 0 Å². The summed E-state index contributed by atoms with van der Waals surface area (Å²) in [5.74, 6) is 0.566. The number of nitrogens with zero attached hydrogens (tertiary/aromatic N) is 7. The lowest BCUT2D eigenvalue weighted by molar-refractivity contribution is -0.0570. The van der Waals surface area contributed by atoms with Crippen LogP contribution >= 0.6 is 0 Å². The quantitative estimate of drug-likeness (QED) is 0.553. The van der Waals surface area contributed by atoms with E-state index in [1.54, 1.807) is 17.8 Å². The minimum Gasteiger partial charge on any atom is -0.494 e. The van der Waals surface area contributed by atoms with Crippen molar-refractivity contribution >= 4 is 16.8 Å². The Bertz CT molecular complexity index is 1190. The molecule has 0 aliphatic carbocycles. The van der Waals surface area contributed by atoms with Crippen LogP contribution in [0.25, 0.3) is 11.1 Å². The minimum absolute atomic E-state index is 0.105. The highest BCUT2D eigenvalue weighted by atomic mass is 16.5. The van der Waals surface area contributed by atoms with Crippen LogP contribution in [0.3, 0.4) is 0 Å². The van der Waals surface area contributed by atoms with Crippen molar-refractivity contribution in [2.75, 3.05) is 26.7 Å². The van der Waals surface area contributed by atoms with Crippen LogP contribution in [-0.2, 0) is 0 Å². The molecule has 0 spiro atoms. The van der Waals surface area contributed by atoms with Gasteiger partial charge in [0, 0.05) is 48.9 Å². The van der Waals surface area contributed by atoms with E-state index in [1.807, 2.05) is 24.1 Å². The molecule has 1 atom stereocenters. The zero-order valence-corrected chi connectivity index (χ0v) is 19.6. The Labute approximate surface area is 194 Å². The summed E-state index contributed by atoms with van der Waals surface area (Å²) in [6.45, 7) is 9.01. The van der Waals surface area contributed by atoms with E-state index in [-0.39, 0.29) is 11.6 Å². The molecule has 2 aromatic heterocycles. The van der Waals surface area contributed by atoms with Gasteiger partial charge in [0.05, 0.1) is 30.9 Å². The van der Waals surface area contributed by atoms with E-state index in [0.717, 1.165) is 49.3 Å². The summed E-state index contributed by atoms with van der Waals surface area (Å²) in [6.07, 6.45) is 9.18. The first-order valence-corrected chi connectivity index (χ1v) is 11.2. The maximum absolute atomic E-state index is 9.34. The highest BCUT2D eigenvalue weighted by Crippen LogP contribution is 2.35. The van der Waals surface area contributed by atoms with Crippen molar-refractivity contribution < 1.29 is 4.74 Å². The standard InChI is InChI=1S/C24H30N8O/c1-16(29-19-5-7-30(8-6-19)22-14-31(15-27)24(22,2)3)20(11-26)17-9-21(33-4)23-18(10-25)12-28-32(23)13-17/h9,11-13,19,22H,5-8,14,26H2,1-4H3/b20-11+,29-16?. The third kappa shape index (κ3) is 3.90. The molecule has 0 bridgehead atoms. The van der Waals surface area contributed by atoms with Gasteiger partial charge in [0.25, 0.3) is 0 Å². The molecule has 33 heavy (non-hydrogen) atoms. The molecule has 2 fully saturated rings. The maximum Gasteiger partial charge on any atom is 0.179 e. The van der Waals surface area contributed by atoms with Crippen LogP contribution in [0.4, 0.5) is 0 Å². The van der Waals surface area contributed by atoms with Crippen molar-refractivity contribution in [3.8, 4) is 18.0 Å². The zero-order chi connectivity index (χ0) is 23.8. The molecule has 172 valence electrons. The molecule has 2 aliphatic rings. The maximum atomic E-state index is 9.34. The molecule has 0 radical (unpaired) electrons. The number of piperidine rings is 1. The minimum atomic E-state index is -0.105. The third-order valence-electron chi connectivity index (χ3n) is 7.09. The third-order valence-corrected chi connectivity index (χ3v) is 7.09. The van der Waals surface area contributed by atoms with Crippen molar-refractivity contribution in [1.29, 1.82) is 10.5 Å². The molecule has 2 N–H and O–H groups in total. The van der Waals surface area contributed by atoms with Gasteiger partial charge in [-0.2, -0.15) is 15.6 Å². The van der Waals surface area contributed by atoms with E-state index in [9.17, 15) is 10.5 Å². The second kappa shape index (κ2) is 8.76. The van der Waals surface area contributed by atoms with Gasteiger partial charge in [-0.05, 0) is 39.7 Å². The van der Waals surface area contributed by atoms with Crippen LogP contribution in [-0.4, -0.2) is 69.5 Å². The van der Waals surface area contributed by atoms with E-state index >= 15 is 0 Å². The molecule has 0 aromatic carbocycles. The Hall–Kier alpha value is -3.56. The number of hydrogen-bond acceptors (Lipinski definition) is 8. The number of ether oxygens (including phenoxy) is 1. The van der Waals surface area contributed by atoms with Crippen LogP contribution in [0, 0.1) is 22.8 Å². The first-order chi connectivity index (χ1) is 15.8. The van der Waals surface area contributed by atoms with Crippen LogP contribution < -0.4 is 10.5 Å². The van der Waals surface area contributed by atoms with E-state index in [0.29, 0.717) is 22.9 Å². The van der Waals surface area contributed by atoms with Gasteiger partial charge in [0.1, 0.15) is 22.9 Å². The van der Waals surface area contributed by atoms with Gasteiger partial charge in [-0.25, -0.2) is 4.52 Å². The van der Waals surface area contributed by atoms with Crippen molar-refractivity contribution in [1.82, 2.24) is 19.4 Å². The lowest BCUT2D eigenvalue weighted by Gasteiger charge is -2.57. The van der Waals surface area contributed by atoms with E-state index in [4.69, 9.17) is 15.5 Å². The van der Waals surface area contributed by atoms with Gasteiger partial charge in [0.15, 0.2) is 6.19 Å². The first kappa shape index (κ1) is 22.6. The number of aliphatic imine (C=N–C) groups is 1. The van der Waals surface area contributed by atoms with Crippen LogP contribution in [0.2, 0.25) is 0 Å². The number of likely N-dealkylation sites (tertiary alicyclic amines) is 2. The van der Waals surface area contributed by atoms with Crippen LogP contribution in [0.5, 0.6) is 5.75 Å². The van der Waals surface area contributed by atoms with Crippen molar-refractivity contribution in [2.45, 2.75) is 51.2 Å². The Balaban J connectivity index is 1.49. The number of rotatable bonds is 5. The fourth-order valence-electron chi connectivity index (χ4n) is 5.00. The first-order valence-electron chi connectivity index (χ1n) is 11.2. The molecule has 2 saturated heterocycles. The predicted octanol–water partition coefficient (Wildman–Crippen LogP) is 2.38. The number of hydrogen-bond donors (Lipinski definition) is 1. The summed E-state index contributed by atoms with van der Waals surface area (Å²) in [7, 11) is 1.58. The molecular formula is C24H30N8O. The molecule has 2 aromatic rings. The zero-order valence-electron chi connectivity index (χ0n) is 19.6. The van der Waals surface area contributed by atoms with Crippen molar-refractivity contribution in [3.63, 3.8) is 0 Å². The Kier molecular flexibility index (Phi) is 6.01. The largest absolute Gasteiger partial charge is 0.494 e. The fraction of sp³-hybridized carbons (Fsp3) is 0.500. The fourth-order valence-corrected chi connectivity index (χ4v) is 5.00. The summed E-state index contributed by atoms with van der Waals surface area (Å²) < 4.78 is 7.17. The highest BCUT2D eigenvalue weighted by molar-refractivity contribution is 6.22. The lowest BCUT2D eigenvalue weighted by atomic mass is 9.81. The number of nitriles is 2. The van der Waals surface area contributed by atoms with Gasteiger partial charge in [-0.3, -0.25) is 9.89 Å². The molecule has 9 nitrogen and oxygen atoms in total. The summed E-state index contributed by atoms with van der Waals surface area (Å²) in [4.78, 5) is 9.36. The highest BCUT2D eigenvalue weighted by Gasteiger charge is 2.49. The normalized spacial score (nSPS) is 22.0. The van der Waals surface area contributed by atoms with Crippen LogP contribution in [0.1, 0.15) is 44.7 Å². The summed E-state index contributed by atoms with van der Waals surface area (Å²) in [5.41, 5.74) is 9.52. The summed E-state index contributed by atoms with van der Waals surface area (Å²) in [5, 5.41) is 22.9. The van der Waals surface area contributed by atoms with Gasteiger partial charge < -0.3 is 15.4 Å². The average Bonchev–Trinajstić information content (AvgIpc) is 3.23. The smallest absolute Gasteiger partial charge is 0.179 e. The van der Waals surface area contributed by atoms with Gasteiger partial charge in [0.2, 0.25) is 0 Å². The second-order valence-corrected chi connectivity index (χ2v) is 9.20. The Morgan fingerprint density at radius 3 is 2.64 bits per heavy atom. The van der Waals surface area contributed by atoms with E-state index in [1.165, 1.54) is 6.20 Å². The molecule has 9 heteroatoms. The average molecular weight is 447 g/mol. The topological polar surface area (TPSA) is 119 Å². The van der Waals surface area contributed by atoms with Crippen molar-refractivity contribution in [3.05, 3.63) is 35.8 Å². The number of allylic oxidation sites excluding steroid dienone is 1. The number of methoxy groups -OCH3 is 1. The van der Waals surface area contributed by atoms with Crippen molar-refractivity contribution in [2.24, 2.45) is 10.7 Å². The Morgan fingerprint density at radius 2 is 2.06 bits per heavy atom. The summed E-state index contributed by atoms with van der Waals surface area (Å²) >= 11 is 0. The molecule has 1 unspecified atom stereocenters. The second-order valence-electron chi connectivity index (χ2n) is 9.20. The number of nitrogens with two attached hydrogens (primary N) is 1. The lowest BCUT2D eigenvalue weighted by Crippen LogP contribution is -2.72. The van der Waals surface area contributed by atoms with Gasteiger partial charge in [-0.1, -0.05) is 0 Å². The van der Waals surface area contributed by atoms with E-state index in [2.05, 4.69) is 36.1 Å². The predicted molar refractivity (Wildman–Crippen MR) is 127 cm³/mol. The molecule has 0 amide bonds. The number of fused-ring (bicyclic) bond motifs is 1. The Morgan fingerprint density at radius 1 is 1.33 bits per heavy atom. The van der Waals surface area contributed by atoms with Crippen LogP contribution in [0.15, 0.2) is 29.7 Å². The molecular weight excluding hydrogens is 416 g/mol. The SMILES string of the molecule is COc1cc(/C(=C/N)C(C)=NC2CCN(C3CN(C#N)C3(C)C)CC2)cn2ncc(C#N)c12.